The van der Waals surface area contributed by atoms with E-state index >= 15 is 0 Å². The van der Waals surface area contributed by atoms with Gasteiger partial charge in [0.2, 0.25) is 0 Å². The van der Waals surface area contributed by atoms with Crippen LogP contribution in [0.5, 0.6) is 0 Å². The van der Waals surface area contributed by atoms with Crippen molar-refractivity contribution < 1.29 is 13.0 Å². The zero-order chi connectivity index (χ0) is 19.1. The van der Waals surface area contributed by atoms with Crippen LogP contribution in [0.15, 0.2) is 0 Å². The van der Waals surface area contributed by atoms with Crippen molar-refractivity contribution in [2.24, 2.45) is 23.7 Å². The van der Waals surface area contributed by atoms with Crippen LogP contribution in [0.25, 0.3) is 0 Å². The Morgan fingerprint density at radius 3 is 1.00 bits per heavy atom. The van der Waals surface area contributed by atoms with Gasteiger partial charge in [-0.2, -0.15) is 8.43 Å². The molecule has 0 aliphatic heterocycles. The van der Waals surface area contributed by atoms with E-state index in [1.165, 1.54) is 0 Å². The summed E-state index contributed by atoms with van der Waals surface area (Å²) in [7, 11) is -6.02. The maximum absolute atomic E-state index is 12.8. The van der Waals surface area contributed by atoms with Gasteiger partial charge in [-0.05, 0) is 60.9 Å². The zero-order valence-electron chi connectivity index (χ0n) is 17.8. The molecule has 0 aromatic rings. The minimum absolute atomic E-state index is 0.568. The summed E-state index contributed by atoms with van der Waals surface area (Å²) in [4.78, 5) is 0. The molecule has 0 fully saturated rings. The summed E-state index contributed by atoms with van der Waals surface area (Å²) in [6, 6.07) is 4.18. The largest absolute Gasteiger partial charge is 0.673 e. The second-order valence-electron chi connectivity index (χ2n) is 9.70. The van der Waals surface area contributed by atoms with Gasteiger partial charge in [0.25, 0.3) is 16.6 Å². The van der Waals surface area contributed by atoms with Gasteiger partial charge in [-0.3, -0.25) is 0 Å². The van der Waals surface area contributed by atoms with Gasteiger partial charge >= 0.3 is 8.25 Å². The minimum Gasteiger partial charge on any atom is -0.176 e. The SMILES string of the molecule is CC(C)C[Si](C)(CC(C)C)O[P+](=O)O[Si](C)(CC(C)C)CC(C)C. The van der Waals surface area contributed by atoms with Crippen LogP contribution in [0.1, 0.15) is 55.4 Å². The fourth-order valence-electron chi connectivity index (χ4n) is 4.15. The topological polar surface area (TPSA) is 35.5 Å². The molecule has 0 radical (unpaired) electrons. The predicted octanol–water partition coefficient (Wildman–Crippen LogP) is 7.45. The highest BCUT2D eigenvalue weighted by Crippen LogP contribution is 2.42. The fraction of sp³-hybridized carbons (Fsp3) is 1.00. The highest BCUT2D eigenvalue weighted by Gasteiger charge is 2.47. The van der Waals surface area contributed by atoms with Crippen LogP contribution in [0.4, 0.5) is 0 Å². The Bertz CT molecular complexity index is 330. The molecule has 0 aliphatic carbocycles. The first-order chi connectivity index (χ1) is 10.8. The van der Waals surface area contributed by atoms with Crippen molar-refractivity contribution in [1.82, 2.24) is 0 Å². The number of rotatable bonds is 12. The molecule has 0 saturated carbocycles. The van der Waals surface area contributed by atoms with Crippen molar-refractivity contribution in [2.75, 3.05) is 0 Å². The molecule has 3 nitrogen and oxygen atoms in total. The van der Waals surface area contributed by atoms with E-state index in [9.17, 15) is 4.57 Å². The van der Waals surface area contributed by atoms with Gasteiger partial charge in [0, 0.05) is 4.57 Å². The molecule has 0 saturated heterocycles. The van der Waals surface area contributed by atoms with Crippen molar-refractivity contribution in [3.8, 4) is 0 Å². The van der Waals surface area contributed by atoms with Gasteiger partial charge in [-0.15, -0.1) is 0 Å². The van der Waals surface area contributed by atoms with E-state index in [1.807, 2.05) is 0 Å². The Hall–Kier alpha value is 0.454. The van der Waals surface area contributed by atoms with Crippen LogP contribution in [0.3, 0.4) is 0 Å². The Morgan fingerprint density at radius 2 is 0.833 bits per heavy atom. The minimum atomic E-state index is -2.01. The van der Waals surface area contributed by atoms with E-state index < -0.39 is 24.9 Å². The van der Waals surface area contributed by atoms with E-state index in [1.54, 1.807) is 0 Å². The van der Waals surface area contributed by atoms with Crippen LogP contribution >= 0.6 is 8.25 Å². The molecular formula is C18H42O3PSi2+. The highest BCUT2D eigenvalue weighted by atomic mass is 31.1. The van der Waals surface area contributed by atoms with E-state index in [-0.39, 0.29) is 0 Å². The summed E-state index contributed by atoms with van der Waals surface area (Å²) < 4.78 is 25.1. The van der Waals surface area contributed by atoms with Crippen LogP contribution in [-0.4, -0.2) is 16.6 Å². The Labute approximate surface area is 154 Å². The molecular weight excluding hydrogens is 351 g/mol. The van der Waals surface area contributed by atoms with Gasteiger partial charge in [0.15, 0.2) is 0 Å². The molecule has 0 atom stereocenters. The quantitative estimate of drug-likeness (QED) is 0.255. The smallest absolute Gasteiger partial charge is 0.176 e. The van der Waals surface area contributed by atoms with E-state index in [0.29, 0.717) is 23.7 Å². The maximum Gasteiger partial charge on any atom is 0.673 e. The molecule has 0 spiro atoms. The molecule has 0 unspecified atom stereocenters. The van der Waals surface area contributed by atoms with Crippen molar-refractivity contribution in [3.63, 3.8) is 0 Å². The first kappa shape index (κ1) is 24.5. The van der Waals surface area contributed by atoms with Gasteiger partial charge < -0.3 is 0 Å². The summed E-state index contributed by atoms with van der Waals surface area (Å²) in [5.41, 5.74) is 0. The van der Waals surface area contributed by atoms with Gasteiger partial charge in [-0.25, -0.2) is 0 Å². The molecule has 24 heavy (non-hydrogen) atoms. The molecule has 6 heteroatoms. The summed E-state index contributed by atoms with van der Waals surface area (Å²) in [6.45, 7) is 22.2. The molecule has 0 N–H and O–H groups in total. The van der Waals surface area contributed by atoms with Crippen molar-refractivity contribution in [3.05, 3.63) is 0 Å². The van der Waals surface area contributed by atoms with Crippen LogP contribution in [-0.2, 0) is 13.0 Å². The molecule has 0 heterocycles. The van der Waals surface area contributed by atoms with Crippen molar-refractivity contribution in [1.29, 1.82) is 0 Å². The fourth-order valence-corrected chi connectivity index (χ4v) is 15.9. The molecule has 0 aromatic carbocycles. The molecule has 0 bridgehead atoms. The predicted molar refractivity (Wildman–Crippen MR) is 112 cm³/mol. The first-order valence-electron chi connectivity index (χ1n) is 9.62. The lowest BCUT2D eigenvalue weighted by Gasteiger charge is -2.27. The molecule has 144 valence electrons. The summed E-state index contributed by atoms with van der Waals surface area (Å²) in [5.74, 6) is 2.27. The Kier molecular flexibility index (Phi) is 10.8. The van der Waals surface area contributed by atoms with Gasteiger partial charge in [-0.1, -0.05) is 55.4 Å². The van der Waals surface area contributed by atoms with Crippen molar-refractivity contribution >= 4 is 24.9 Å². The number of hydrogen-bond acceptors (Lipinski definition) is 3. The van der Waals surface area contributed by atoms with Crippen LogP contribution < -0.4 is 0 Å². The first-order valence-corrected chi connectivity index (χ1v) is 16.4. The van der Waals surface area contributed by atoms with Crippen LogP contribution in [0, 0.1) is 23.7 Å². The van der Waals surface area contributed by atoms with E-state index in [4.69, 9.17) is 8.43 Å². The third kappa shape index (κ3) is 11.1. The Morgan fingerprint density at radius 1 is 0.625 bits per heavy atom. The second-order valence-corrected chi connectivity index (χ2v) is 19.0. The summed E-state index contributed by atoms with van der Waals surface area (Å²) in [5, 5.41) is 0. The van der Waals surface area contributed by atoms with Crippen molar-refractivity contribution in [2.45, 2.75) is 92.7 Å². The third-order valence-electron chi connectivity index (χ3n) is 3.95. The lowest BCUT2D eigenvalue weighted by molar-refractivity contribution is 0.390. The monoisotopic (exact) mass is 393 g/mol. The zero-order valence-corrected chi connectivity index (χ0v) is 20.7. The molecule has 0 amide bonds. The average molecular weight is 394 g/mol. The molecule has 0 rings (SSSR count). The van der Waals surface area contributed by atoms with E-state index in [0.717, 1.165) is 24.2 Å². The normalized spacial score (nSPS) is 13.6. The second kappa shape index (κ2) is 10.6. The lowest BCUT2D eigenvalue weighted by atomic mass is 10.3. The molecule has 0 aromatic heterocycles. The maximum atomic E-state index is 12.8. The molecule has 0 aliphatic rings. The average Bonchev–Trinajstić information content (AvgIpc) is 2.20. The highest BCUT2D eigenvalue weighted by molar-refractivity contribution is 7.38. The summed E-state index contributed by atoms with van der Waals surface area (Å²) in [6.07, 6.45) is 0. The van der Waals surface area contributed by atoms with Crippen LogP contribution in [0.2, 0.25) is 37.3 Å². The lowest BCUT2D eigenvalue weighted by Crippen LogP contribution is -2.38. The Balaban J connectivity index is 5.06. The number of hydrogen-bond donors (Lipinski definition) is 0. The third-order valence-corrected chi connectivity index (χ3v) is 15.4. The standard InChI is InChI=1S/C18H42O3PSi2/c1-15(2)11-23(9,12-16(3)4)20-22(19)21-24(10,13-17(5)6)14-18(7)8/h15-18H,11-14H2,1-10H3/q+1. The van der Waals surface area contributed by atoms with Gasteiger partial charge in [0.1, 0.15) is 0 Å². The summed E-state index contributed by atoms with van der Waals surface area (Å²) >= 11 is 0. The van der Waals surface area contributed by atoms with E-state index in [2.05, 4.69) is 68.5 Å². The van der Waals surface area contributed by atoms with Gasteiger partial charge in [0.05, 0.1) is 0 Å².